The Bertz CT molecular complexity index is 602. The summed E-state index contributed by atoms with van der Waals surface area (Å²) in [6.45, 7) is 0. The van der Waals surface area contributed by atoms with Gasteiger partial charge in [-0.3, -0.25) is 0 Å². The van der Waals surface area contributed by atoms with E-state index in [1.165, 1.54) is 6.26 Å². The molecular weight excluding hydrogens is 204 g/mol. The number of nitriles is 1. The van der Waals surface area contributed by atoms with Crippen LogP contribution >= 0.6 is 0 Å². The Kier molecular flexibility index (Phi) is 2.29. The van der Waals surface area contributed by atoms with Gasteiger partial charge < -0.3 is 10.2 Å². The van der Waals surface area contributed by atoms with Crippen molar-refractivity contribution < 1.29 is 4.42 Å². The van der Waals surface area contributed by atoms with Crippen molar-refractivity contribution in [2.24, 2.45) is 0 Å². The number of anilines is 1. The molecule has 16 heavy (non-hydrogen) atoms. The maximum atomic E-state index is 9.01. The monoisotopic (exact) mass is 210 g/mol. The Morgan fingerprint density at radius 1 is 1.44 bits per heavy atom. The van der Waals surface area contributed by atoms with Crippen LogP contribution in [0.25, 0.3) is 11.5 Å². The fraction of sp³-hybridized carbons (Fsp3) is 0. The van der Waals surface area contributed by atoms with Gasteiger partial charge in [0.05, 0.1) is 6.26 Å². The molecule has 0 amide bonds. The second-order valence-corrected chi connectivity index (χ2v) is 2.89. The first-order valence-corrected chi connectivity index (χ1v) is 4.34. The van der Waals surface area contributed by atoms with E-state index in [1.54, 1.807) is 12.1 Å². The van der Waals surface area contributed by atoms with E-state index in [2.05, 4.69) is 15.9 Å². The van der Waals surface area contributed by atoms with E-state index in [0.717, 1.165) is 0 Å². The predicted molar refractivity (Wildman–Crippen MR) is 56.8 cm³/mol. The van der Waals surface area contributed by atoms with Gasteiger partial charge in [0, 0.05) is 0 Å². The summed E-state index contributed by atoms with van der Waals surface area (Å²) in [7, 11) is 0. The van der Waals surface area contributed by atoms with E-state index in [0.29, 0.717) is 11.5 Å². The molecule has 5 heteroatoms. The molecule has 0 unspecified atom stereocenters. The first kappa shape index (κ1) is 9.75. The van der Waals surface area contributed by atoms with E-state index in [4.69, 9.17) is 21.8 Å². The third kappa shape index (κ3) is 1.47. The fourth-order valence-corrected chi connectivity index (χ4v) is 1.28. The second-order valence-electron chi connectivity index (χ2n) is 2.89. The van der Waals surface area contributed by atoms with Crippen LogP contribution in [0.4, 0.5) is 5.95 Å². The average molecular weight is 210 g/mol. The van der Waals surface area contributed by atoms with Crippen LogP contribution in [-0.4, -0.2) is 9.97 Å². The highest BCUT2D eigenvalue weighted by molar-refractivity contribution is 5.66. The summed E-state index contributed by atoms with van der Waals surface area (Å²) >= 11 is 0. The highest BCUT2D eigenvalue weighted by Crippen LogP contribution is 2.23. The standard InChI is InChI=1S/C11H6N4O/c1-2-8-7(6-12)10(15-11(13)14-8)9-4-3-5-16-9/h1,3-5H,(H2,13,14,15). The smallest absolute Gasteiger partial charge is 0.221 e. The largest absolute Gasteiger partial charge is 0.463 e. The van der Waals surface area contributed by atoms with Crippen LogP contribution in [0.5, 0.6) is 0 Å². The molecule has 0 bridgehead atoms. The van der Waals surface area contributed by atoms with E-state index in [-0.39, 0.29) is 17.2 Å². The molecule has 0 aliphatic heterocycles. The fourth-order valence-electron chi connectivity index (χ4n) is 1.28. The van der Waals surface area contributed by atoms with E-state index in [1.807, 2.05) is 6.07 Å². The molecular formula is C11H6N4O. The predicted octanol–water partition coefficient (Wildman–Crippen LogP) is 1.17. The molecule has 0 aliphatic rings. The van der Waals surface area contributed by atoms with Crippen molar-refractivity contribution in [1.29, 1.82) is 5.26 Å². The summed E-state index contributed by atoms with van der Waals surface area (Å²) < 4.78 is 5.15. The molecule has 0 aromatic carbocycles. The van der Waals surface area contributed by atoms with Gasteiger partial charge in [0.25, 0.3) is 0 Å². The number of furan rings is 1. The minimum Gasteiger partial charge on any atom is -0.463 e. The Morgan fingerprint density at radius 2 is 2.25 bits per heavy atom. The van der Waals surface area contributed by atoms with E-state index in [9.17, 15) is 0 Å². The average Bonchev–Trinajstić information content (AvgIpc) is 2.81. The first-order chi connectivity index (χ1) is 7.76. The summed E-state index contributed by atoms with van der Waals surface area (Å²) in [6, 6.07) is 5.30. The van der Waals surface area contributed by atoms with Gasteiger partial charge in [-0.2, -0.15) is 5.26 Å². The maximum absolute atomic E-state index is 9.01. The summed E-state index contributed by atoms with van der Waals surface area (Å²) in [5, 5.41) is 9.01. The van der Waals surface area contributed by atoms with Crippen LogP contribution in [0.15, 0.2) is 22.8 Å². The lowest BCUT2D eigenvalue weighted by Crippen LogP contribution is -2.02. The van der Waals surface area contributed by atoms with Gasteiger partial charge in [0.2, 0.25) is 5.95 Å². The molecule has 0 saturated heterocycles. The number of aromatic nitrogens is 2. The number of nitrogens with zero attached hydrogens (tertiary/aromatic N) is 3. The Balaban J connectivity index is 2.76. The molecule has 0 fully saturated rings. The van der Waals surface area contributed by atoms with E-state index < -0.39 is 0 Å². The van der Waals surface area contributed by atoms with Gasteiger partial charge in [-0.05, 0) is 18.1 Å². The quantitative estimate of drug-likeness (QED) is 0.713. The first-order valence-electron chi connectivity index (χ1n) is 4.34. The number of nitrogen functional groups attached to an aromatic ring is 1. The Hall–Kier alpha value is -2.79. The number of hydrogen-bond acceptors (Lipinski definition) is 5. The van der Waals surface area contributed by atoms with Crippen LogP contribution in [-0.2, 0) is 0 Å². The van der Waals surface area contributed by atoms with Gasteiger partial charge >= 0.3 is 0 Å². The number of hydrogen-bond donors (Lipinski definition) is 1. The van der Waals surface area contributed by atoms with Gasteiger partial charge in [0.1, 0.15) is 23.0 Å². The van der Waals surface area contributed by atoms with Gasteiger partial charge in [-0.15, -0.1) is 6.42 Å². The SMILES string of the molecule is C#Cc1nc(N)nc(-c2ccco2)c1C#N. The van der Waals surface area contributed by atoms with Gasteiger partial charge in [-0.25, -0.2) is 9.97 Å². The molecule has 2 N–H and O–H groups in total. The van der Waals surface area contributed by atoms with Gasteiger partial charge in [-0.1, -0.05) is 0 Å². The lowest BCUT2D eigenvalue weighted by atomic mass is 10.1. The maximum Gasteiger partial charge on any atom is 0.221 e. The van der Waals surface area contributed by atoms with Crippen LogP contribution < -0.4 is 5.73 Å². The molecule has 2 heterocycles. The molecule has 76 valence electrons. The Morgan fingerprint density at radius 3 is 2.81 bits per heavy atom. The highest BCUT2D eigenvalue weighted by Gasteiger charge is 2.15. The van der Waals surface area contributed by atoms with Crippen LogP contribution in [0, 0.1) is 23.7 Å². The zero-order valence-electron chi connectivity index (χ0n) is 8.14. The zero-order valence-corrected chi connectivity index (χ0v) is 8.14. The molecule has 2 rings (SSSR count). The summed E-state index contributed by atoms with van der Waals surface area (Å²) in [5.74, 6) is 2.74. The normalized spacial score (nSPS) is 9.38. The molecule has 0 radical (unpaired) electrons. The van der Waals surface area contributed by atoms with Gasteiger partial charge in [0.15, 0.2) is 5.76 Å². The molecule has 0 atom stereocenters. The van der Waals surface area contributed by atoms with Crippen molar-refractivity contribution in [2.75, 3.05) is 5.73 Å². The van der Waals surface area contributed by atoms with E-state index >= 15 is 0 Å². The molecule has 2 aromatic rings. The molecule has 5 nitrogen and oxygen atoms in total. The van der Waals surface area contributed by atoms with Crippen molar-refractivity contribution in [1.82, 2.24) is 9.97 Å². The number of terminal acetylenes is 1. The lowest BCUT2D eigenvalue weighted by Gasteiger charge is -2.02. The third-order valence-corrected chi connectivity index (χ3v) is 1.93. The highest BCUT2D eigenvalue weighted by atomic mass is 16.3. The Labute approximate surface area is 91.5 Å². The lowest BCUT2D eigenvalue weighted by molar-refractivity contribution is 0.579. The minimum absolute atomic E-state index is 0.0124. The minimum atomic E-state index is 0.0124. The molecule has 0 spiro atoms. The van der Waals surface area contributed by atoms with Crippen molar-refractivity contribution >= 4 is 5.95 Å². The number of nitrogens with two attached hydrogens (primary N) is 1. The summed E-state index contributed by atoms with van der Waals surface area (Å²) in [4.78, 5) is 7.75. The summed E-state index contributed by atoms with van der Waals surface area (Å²) in [5.41, 5.74) is 6.16. The topological polar surface area (TPSA) is 88.7 Å². The van der Waals surface area contributed by atoms with Crippen LogP contribution in [0.2, 0.25) is 0 Å². The van der Waals surface area contributed by atoms with Crippen molar-refractivity contribution in [2.45, 2.75) is 0 Å². The van der Waals surface area contributed by atoms with Crippen molar-refractivity contribution in [3.8, 4) is 29.9 Å². The van der Waals surface area contributed by atoms with Crippen LogP contribution in [0.3, 0.4) is 0 Å². The zero-order chi connectivity index (χ0) is 11.5. The number of rotatable bonds is 1. The molecule has 2 aromatic heterocycles. The third-order valence-electron chi connectivity index (χ3n) is 1.93. The second kappa shape index (κ2) is 3.76. The van der Waals surface area contributed by atoms with Crippen molar-refractivity contribution in [3.05, 3.63) is 29.7 Å². The summed E-state index contributed by atoms with van der Waals surface area (Å²) in [6.07, 6.45) is 6.72. The van der Waals surface area contributed by atoms with Crippen LogP contribution in [0.1, 0.15) is 11.3 Å². The van der Waals surface area contributed by atoms with Crippen molar-refractivity contribution in [3.63, 3.8) is 0 Å². The molecule has 0 aliphatic carbocycles. The molecule has 0 saturated carbocycles.